The molecule has 1 amide bonds. The van der Waals surface area contributed by atoms with Gasteiger partial charge in [-0.2, -0.15) is 0 Å². The molecule has 1 aromatic rings. The summed E-state index contributed by atoms with van der Waals surface area (Å²) >= 11 is 0. The van der Waals surface area contributed by atoms with Crippen LogP contribution < -0.4 is 10.9 Å². The highest BCUT2D eigenvalue weighted by atomic mass is 16.5. The van der Waals surface area contributed by atoms with E-state index in [4.69, 9.17) is 4.74 Å². The third-order valence-electron chi connectivity index (χ3n) is 3.08. The summed E-state index contributed by atoms with van der Waals surface area (Å²) in [5.41, 5.74) is 0.563. The molecule has 2 rings (SSSR count). The zero-order chi connectivity index (χ0) is 13.0. The zero-order valence-electron chi connectivity index (χ0n) is 10.5. The highest BCUT2D eigenvalue weighted by molar-refractivity contribution is 5.93. The van der Waals surface area contributed by atoms with Crippen LogP contribution in [0.4, 0.5) is 0 Å². The summed E-state index contributed by atoms with van der Waals surface area (Å²) < 4.78 is 5.46. The molecule has 18 heavy (non-hydrogen) atoms. The Labute approximate surface area is 106 Å². The summed E-state index contributed by atoms with van der Waals surface area (Å²) in [6, 6.07) is 3.27. The van der Waals surface area contributed by atoms with Gasteiger partial charge in [-0.3, -0.25) is 9.59 Å². The zero-order valence-corrected chi connectivity index (χ0v) is 10.5. The number of aromatic amines is 1. The number of hydrogen-bond acceptors (Lipinski definition) is 3. The molecule has 0 bridgehead atoms. The van der Waals surface area contributed by atoms with Gasteiger partial charge in [0.1, 0.15) is 5.56 Å². The van der Waals surface area contributed by atoms with Crippen molar-refractivity contribution in [3.63, 3.8) is 0 Å². The van der Waals surface area contributed by atoms with Crippen LogP contribution in [0.25, 0.3) is 0 Å². The van der Waals surface area contributed by atoms with Crippen LogP contribution in [0.15, 0.2) is 16.9 Å². The van der Waals surface area contributed by atoms with E-state index in [2.05, 4.69) is 10.3 Å². The van der Waals surface area contributed by atoms with Gasteiger partial charge in [0.2, 0.25) is 0 Å². The van der Waals surface area contributed by atoms with Crippen LogP contribution in [-0.2, 0) is 4.74 Å². The summed E-state index contributed by atoms with van der Waals surface area (Å²) in [6.07, 6.45) is 3.20. The number of ether oxygens (including phenoxy) is 1. The molecule has 1 aliphatic heterocycles. The van der Waals surface area contributed by atoms with Crippen molar-refractivity contribution in [1.82, 2.24) is 10.3 Å². The Hall–Kier alpha value is -1.62. The number of aromatic nitrogens is 1. The van der Waals surface area contributed by atoms with E-state index in [9.17, 15) is 9.59 Å². The predicted molar refractivity (Wildman–Crippen MR) is 67.7 cm³/mol. The van der Waals surface area contributed by atoms with Crippen molar-refractivity contribution in [2.24, 2.45) is 0 Å². The Kier molecular flexibility index (Phi) is 4.15. The molecule has 2 heterocycles. The maximum atomic E-state index is 11.8. The first-order chi connectivity index (χ1) is 8.66. The minimum atomic E-state index is -0.343. The van der Waals surface area contributed by atoms with Gasteiger partial charge in [0.05, 0.1) is 6.10 Å². The minimum Gasteiger partial charge on any atom is -0.378 e. The second-order valence-corrected chi connectivity index (χ2v) is 4.56. The first-order valence-corrected chi connectivity index (χ1v) is 6.26. The van der Waals surface area contributed by atoms with Crippen molar-refractivity contribution in [1.29, 1.82) is 0 Å². The van der Waals surface area contributed by atoms with Crippen molar-refractivity contribution in [3.05, 3.63) is 33.7 Å². The molecule has 0 aliphatic carbocycles. The monoisotopic (exact) mass is 250 g/mol. The van der Waals surface area contributed by atoms with E-state index < -0.39 is 0 Å². The normalized spacial score (nSPS) is 18.8. The summed E-state index contributed by atoms with van der Waals surface area (Å²) in [4.78, 5) is 25.9. The Balaban J connectivity index is 1.85. The SMILES string of the molecule is Cc1ccc(C(=O)NCC[C@@H]2CCCO2)c(=O)[nH]1. The summed E-state index contributed by atoms with van der Waals surface area (Å²) in [7, 11) is 0. The molecule has 5 nitrogen and oxygen atoms in total. The Morgan fingerprint density at radius 2 is 2.39 bits per heavy atom. The molecule has 2 N–H and O–H groups in total. The molecule has 1 aliphatic rings. The van der Waals surface area contributed by atoms with E-state index in [-0.39, 0.29) is 23.1 Å². The Morgan fingerprint density at radius 1 is 1.56 bits per heavy atom. The van der Waals surface area contributed by atoms with E-state index in [0.717, 1.165) is 31.6 Å². The summed E-state index contributed by atoms with van der Waals surface area (Å²) in [5, 5.41) is 2.75. The van der Waals surface area contributed by atoms with Gasteiger partial charge in [-0.25, -0.2) is 0 Å². The number of rotatable bonds is 4. The lowest BCUT2D eigenvalue weighted by Crippen LogP contribution is -2.31. The van der Waals surface area contributed by atoms with Crippen LogP contribution in [-0.4, -0.2) is 30.1 Å². The van der Waals surface area contributed by atoms with Gasteiger partial charge in [-0.15, -0.1) is 0 Å². The number of carbonyl (C=O) groups is 1. The number of H-pyrrole nitrogens is 1. The van der Waals surface area contributed by atoms with Gasteiger partial charge < -0.3 is 15.0 Å². The molecule has 0 radical (unpaired) electrons. The maximum absolute atomic E-state index is 11.8. The number of nitrogens with one attached hydrogen (secondary N) is 2. The van der Waals surface area contributed by atoms with Gasteiger partial charge in [-0.05, 0) is 38.3 Å². The highest BCUT2D eigenvalue weighted by Gasteiger charge is 2.16. The smallest absolute Gasteiger partial charge is 0.260 e. The van der Waals surface area contributed by atoms with Crippen LogP contribution in [0.5, 0.6) is 0 Å². The minimum absolute atomic E-state index is 0.160. The first-order valence-electron chi connectivity index (χ1n) is 6.26. The lowest BCUT2D eigenvalue weighted by molar-refractivity contribution is 0.0906. The summed E-state index contributed by atoms with van der Waals surface area (Å²) in [6.45, 7) is 3.13. The molecule has 1 fully saturated rings. The topological polar surface area (TPSA) is 71.2 Å². The molecular weight excluding hydrogens is 232 g/mol. The third kappa shape index (κ3) is 3.20. The van der Waals surface area contributed by atoms with Crippen molar-refractivity contribution in [2.45, 2.75) is 32.3 Å². The fourth-order valence-corrected chi connectivity index (χ4v) is 2.06. The summed E-state index contributed by atoms with van der Waals surface area (Å²) in [5.74, 6) is -0.325. The van der Waals surface area contributed by atoms with E-state index in [1.807, 2.05) is 0 Å². The molecule has 1 aromatic heterocycles. The molecule has 0 unspecified atom stereocenters. The lowest BCUT2D eigenvalue weighted by Gasteiger charge is -2.09. The van der Waals surface area contributed by atoms with Crippen molar-refractivity contribution in [3.8, 4) is 0 Å². The van der Waals surface area contributed by atoms with Gasteiger partial charge in [0.25, 0.3) is 11.5 Å². The number of pyridine rings is 1. The fourth-order valence-electron chi connectivity index (χ4n) is 2.06. The number of carbonyl (C=O) groups excluding carboxylic acids is 1. The highest BCUT2D eigenvalue weighted by Crippen LogP contribution is 2.14. The van der Waals surface area contributed by atoms with Crippen LogP contribution in [0.2, 0.25) is 0 Å². The molecule has 1 saturated heterocycles. The average Bonchev–Trinajstić information content (AvgIpc) is 2.81. The first kappa shape index (κ1) is 12.8. The van der Waals surface area contributed by atoms with Crippen LogP contribution in [0, 0.1) is 6.92 Å². The van der Waals surface area contributed by atoms with Gasteiger partial charge >= 0.3 is 0 Å². The van der Waals surface area contributed by atoms with E-state index in [0.29, 0.717) is 6.54 Å². The van der Waals surface area contributed by atoms with Crippen molar-refractivity contribution in [2.75, 3.05) is 13.2 Å². The van der Waals surface area contributed by atoms with Crippen LogP contribution >= 0.6 is 0 Å². The van der Waals surface area contributed by atoms with Crippen molar-refractivity contribution >= 4 is 5.91 Å². The largest absolute Gasteiger partial charge is 0.378 e. The van der Waals surface area contributed by atoms with Gasteiger partial charge in [0, 0.05) is 18.8 Å². The van der Waals surface area contributed by atoms with Crippen LogP contribution in [0.3, 0.4) is 0 Å². The standard InChI is InChI=1S/C13H18N2O3/c1-9-4-5-11(13(17)15-9)12(16)14-7-6-10-3-2-8-18-10/h4-5,10H,2-3,6-8H2,1H3,(H,14,16)(H,15,17)/t10-/m0/s1. The number of hydrogen-bond donors (Lipinski definition) is 2. The molecule has 0 aromatic carbocycles. The van der Waals surface area contributed by atoms with Gasteiger partial charge in [0.15, 0.2) is 0 Å². The molecule has 5 heteroatoms. The van der Waals surface area contributed by atoms with E-state index in [1.165, 1.54) is 0 Å². The second-order valence-electron chi connectivity index (χ2n) is 4.56. The van der Waals surface area contributed by atoms with Crippen molar-refractivity contribution < 1.29 is 9.53 Å². The Bertz CT molecular complexity index is 475. The molecule has 0 saturated carbocycles. The Morgan fingerprint density at radius 3 is 3.06 bits per heavy atom. The van der Waals surface area contributed by atoms with Gasteiger partial charge in [-0.1, -0.05) is 0 Å². The van der Waals surface area contributed by atoms with E-state index in [1.54, 1.807) is 19.1 Å². The molecular formula is C13H18N2O3. The fraction of sp³-hybridized carbons (Fsp3) is 0.538. The quantitative estimate of drug-likeness (QED) is 0.837. The maximum Gasteiger partial charge on any atom is 0.260 e. The average molecular weight is 250 g/mol. The molecule has 0 spiro atoms. The lowest BCUT2D eigenvalue weighted by atomic mass is 10.2. The van der Waals surface area contributed by atoms with Crippen LogP contribution in [0.1, 0.15) is 35.3 Å². The number of amides is 1. The predicted octanol–water partition coefficient (Wildman–Crippen LogP) is 0.982. The second kappa shape index (κ2) is 5.82. The third-order valence-corrected chi connectivity index (χ3v) is 3.08. The van der Waals surface area contributed by atoms with E-state index >= 15 is 0 Å². The molecule has 1 atom stereocenters. The number of aryl methyl sites for hydroxylation is 1. The molecule has 98 valence electrons.